The highest BCUT2D eigenvalue weighted by Gasteiger charge is 2.45. The number of amides is 2. The number of aliphatic hydroxyl groups is 2. The summed E-state index contributed by atoms with van der Waals surface area (Å²) in [6.07, 6.45) is 0.575. The van der Waals surface area contributed by atoms with Crippen LogP contribution >= 0.6 is 11.6 Å². The van der Waals surface area contributed by atoms with E-state index in [1.165, 1.54) is 16.0 Å². The maximum Gasteiger partial charge on any atom is 0.278 e. The van der Waals surface area contributed by atoms with Crippen LogP contribution in [-0.4, -0.2) is 45.6 Å². The summed E-state index contributed by atoms with van der Waals surface area (Å²) in [5, 5.41) is 24.2. The molecule has 1 saturated heterocycles. The van der Waals surface area contributed by atoms with Gasteiger partial charge in [0.1, 0.15) is 29.3 Å². The van der Waals surface area contributed by atoms with E-state index in [2.05, 4.69) is 5.32 Å². The molecule has 3 aliphatic rings. The third-order valence-corrected chi connectivity index (χ3v) is 6.68. The van der Waals surface area contributed by atoms with Gasteiger partial charge < -0.3 is 25.3 Å². The van der Waals surface area contributed by atoms with E-state index in [0.717, 1.165) is 5.56 Å². The van der Waals surface area contributed by atoms with Crippen molar-refractivity contribution in [3.63, 3.8) is 0 Å². The predicted molar refractivity (Wildman–Crippen MR) is 120 cm³/mol. The molecule has 0 aromatic heterocycles. The Balaban J connectivity index is 1.43. The molecule has 0 saturated carbocycles. The van der Waals surface area contributed by atoms with Crippen molar-refractivity contribution in [1.29, 1.82) is 0 Å². The number of piperazine rings is 1. The van der Waals surface area contributed by atoms with Crippen LogP contribution in [0.5, 0.6) is 0 Å². The van der Waals surface area contributed by atoms with Crippen molar-refractivity contribution in [1.82, 2.24) is 10.2 Å². The summed E-state index contributed by atoms with van der Waals surface area (Å²) in [7, 11) is 0. The molecule has 2 bridgehead atoms. The molecule has 2 aromatic rings. The third-order valence-electron chi connectivity index (χ3n) is 6.44. The Bertz CT molecular complexity index is 1310. The summed E-state index contributed by atoms with van der Waals surface area (Å²) < 4.78 is 41.0. The average Bonchev–Trinajstić information content (AvgIpc) is 2.96. The molecule has 7 nitrogen and oxygen atoms in total. The number of carbonyl (C=O) groups is 2. The lowest BCUT2D eigenvalue weighted by molar-refractivity contribution is -0.121. The molecule has 2 amide bonds. The fourth-order valence-electron chi connectivity index (χ4n) is 4.68. The van der Waals surface area contributed by atoms with Crippen LogP contribution < -0.4 is 10.2 Å². The van der Waals surface area contributed by atoms with Gasteiger partial charge in [0.15, 0.2) is 5.76 Å². The van der Waals surface area contributed by atoms with Crippen LogP contribution in [-0.2, 0) is 22.6 Å². The fourth-order valence-corrected chi connectivity index (χ4v) is 4.88. The largest absolute Gasteiger partial charge is 0.507 e. The van der Waals surface area contributed by atoms with Crippen LogP contribution in [0.4, 0.5) is 18.9 Å². The normalized spacial score (nSPS) is 21.3. The molecule has 2 aromatic carbocycles. The molecule has 3 aliphatic heterocycles. The Hall–Kier alpha value is -3.50. The molecular formula is C24H19ClF3N3O4. The van der Waals surface area contributed by atoms with Gasteiger partial charge in [-0.3, -0.25) is 9.59 Å². The van der Waals surface area contributed by atoms with Gasteiger partial charge in [0, 0.05) is 47.7 Å². The first kappa shape index (κ1) is 23.3. The van der Waals surface area contributed by atoms with E-state index in [-0.39, 0.29) is 23.9 Å². The van der Waals surface area contributed by atoms with Gasteiger partial charge in [0.05, 0.1) is 11.6 Å². The van der Waals surface area contributed by atoms with Gasteiger partial charge in [-0.1, -0.05) is 11.6 Å². The lowest BCUT2D eigenvalue weighted by Crippen LogP contribution is -2.55. The van der Waals surface area contributed by atoms with Gasteiger partial charge >= 0.3 is 0 Å². The monoisotopic (exact) mass is 505 g/mol. The van der Waals surface area contributed by atoms with Crippen molar-refractivity contribution in [2.24, 2.45) is 0 Å². The Morgan fingerprint density at radius 1 is 1.17 bits per heavy atom. The summed E-state index contributed by atoms with van der Waals surface area (Å²) in [6.45, 7) is -0.345. The van der Waals surface area contributed by atoms with E-state index in [0.29, 0.717) is 35.7 Å². The zero-order chi connectivity index (χ0) is 25.0. The van der Waals surface area contributed by atoms with E-state index in [9.17, 15) is 33.0 Å². The topological polar surface area (TPSA) is 93.1 Å². The second-order valence-electron chi connectivity index (χ2n) is 8.54. The molecule has 0 radical (unpaired) electrons. The van der Waals surface area contributed by atoms with Crippen molar-refractivity contribution >= 4 is 29.1 Å². The van der Waals surface area contributed by atoms with Crippen LogP contribution in [0.15, 0.2) is 53.6 Å². The van der Waals surface area contributed by atoms with Gasteiger partial charge in [-0.2, -0.15) is 0 Å². The van der Waals surface area contributed by atoms with Crippen LogP contribution in [0, 0.1) is 17.5 Å². The minimum absolute atomic E-state index is 0.149. The molecule has 2 atom stereocenters. The molecule has 1 unspecified atom stereocenters. The van der Waals surface area contributed by atoms with Crippen molar-refractivity contribution in [2.75, 3.05) is 11.4 Å². The number of carbonyl (C=O) groups excluding carboxylic acids is 2. The SMILES string of the molecule is O=C(NCc1c(F)cc(F)cc1F)C1=CN2C(=C(O)C1O)C(=O)N1C[C@H]2CCc2cc(Cl)ccc21. The fraction of sp³-hybridized carbons (Fsp3) is 0.250. The second-order valence-corrected chi connectivity index (χ2v) is 8.98. The van der Waals surface area contributed by atoms with Gasteiger partial charge in [0.25, 0.3) is 11.8 Å². The van der Waals surface area contributed by atoms with E-state index < -0.39 is 53.2 Å². The molecule has 182 valence electrons. The predicted octanol–water partition coefficient (Wildman–Crippen LogP) is 3.07. The summed E-state index contributed by atoms with van der Waals surface area (Å²) in [5.41, 5.74) is 0.505. The Kier molecular flexibility index (Phi) is 5.72. The van der Waals surface area contributed by atoms with Gasteiger partial charge in [-0.25, -0.2) is 13.2 Å². The molecule has 3 N–H and O–H groups in total. The number of halogens is 4. The molecule has 1 fully saturated rings. The number of hydrogen-bond donors (Lipinski definition) is 3. The Labute approximate surface area is 202 Å². The van der Waals surface area contributed by atoms with Crippen LogP contribution in [0.1, 0.15) is 17.5 Å². The first-order valence-electron chi connectivity index (χ1n) is 10.8. The second kappa shape index (κ2) is 8.62. The zero-order valence-corrected chi connectivity index (χ0v) is 18.8. The smallest absolute Gasteiger partial charge is 0.278 e. The number of nitrogens with zero attached hydrogens (tertiary/aromatic N) is 2. The molecular weight excluding hydrogens is 487 g/mol. The number of benzene rings is 2. The molecule has 3 heterocycles. The minimum atomic E-state index is -1.83. The first-order valence-corrected chi connectivity index (χ1v) is 11.2. The molecule has 5 rings (SSSR count). The average molecular weight is 506 g/mol. The lowest BCUT2D eigenvalue weighted by atomic mass is 9.97. The number of fused-ring (bicyclic) bond motifs is 6. The van der Waals surface area contributed by atoms with Crippen LogP contribution in [0.25, 0.3) is 0 Å². The summed E-state index contributed by atoms with van der Waals surface area (Å²) >= 11 is 6.11. The number of hydrogen-bond acceptors (Lipinski definition) is 5. The number of nitrogens with one attached hydrogen (secondary N) is 1. The van der Waals surface area contributed by atoms with Crippen molar-refractivity contribution in [3.8, 4) is 0 Å². The zero-order valence-electron chi connectivity index (χ0n) is 18.1. The highest BCUT2D eigenvalue weighted by Crippen LogP contribution is 2.39. The van der Waals surface area contributed by atoms with Crippen LogP contribution in [0.2, 0.25) is 5.02 Å². The number of rotatable bonds is 3. The summed E-state index contributed by atoms with van der Waals surface area (Å²) in [6, 6.07) is 5.82. The third kappa shape index (κ3) is 3.92. The maximum atomic E-state index is 13.9. The summed E-state index contributed by atoms with van der Waals surface area (Å²) in [4.78, 5) is 29.1. The quantitative estimate of drug-likeness (QED) is 0.596. The minimum Gasteiger partial charge on any atom is -0.507 e. The van der Waals surface area contributed by atoms with E-state index >= 15 is 0 Å². The number of aliphatic hydroxyl groups excluding tert-OH is 2. The number of aryl methyl sites for hydroxylation is 1. The van der Waals surface area contributed by atoms with E-state index in [1.807, 2.05) is 0 Å². The highest BCUT2D eigenvalue weighted by atomic mass is 35.5. The van der Waals surface area contributed by atoms with Gasteiger partial charge in [-0.05, 0) is 36.6 Å². The highest BCUT2D eigenvalue weighted by molar-refractivity contribution is 6.30. The summed E-state index contributed by atoms with van der Waals surface area (Å²) in [5.74, 6) is -5.61. The Morgan fingerprint density at radius 3 is 2.60 bits per heavy atom. The number of anilines is 1. The van der Waals surface area contributed by atoms with E-state index in [1.54, 1.807) is 18.2 Å². The molecule has 0 aliphatic carbocycles. The lowest BCUT2D eigenvalue weighted by Gasteiger charge is -2.43. The standard InChI is InChI=1S/C24H19ClF3N3O4/c25-12-2-4-19-11(5-12)1-3-14-9-31(19)24(35)20-22(33)21(32)16(10-30(14)20)23(34)29-8-15-17(27)6-13(26)7-18(15)28/h2,4-7,10,14,21,32-33H,1,3,8-9H2,(H,29,34)/t14-,21?/m1/s1. The van der Waals surface area contributed by atoms with Gasteiger partial charge in [-0.15, -0.1) is 0 Å². The first-order chi connectivity index (χ1) is 16.7. The van der Waals surface area contributed by atoms with Crippen molar-refractivity contribution < 1.29 is 33.0 Å². The van der Waals surface area contributed by atoms with Crippen LogP contribution in [0.3, 0.4) is 0 Å². The van der Waals surface area contributed by atoms with Gasteiger partial charge in [0.2, 0.25) is 0 Å². The van der Waals surface area contributed by atoms with Crippen molar-refractivity contribution in [3.05, 3.63) is 87.2 Å². The molecule has 11 heteroatoms. The van der Waals surface area contributed by atoms with E-state index in [4.69, 9.17) is 11.6 Å². The maximum absolute atomic E-state index is 13.9. The molecule has 35 heavy (non-hydrogen) atoms. The molecule has 0 spiro atoms. The Morgan fingerprint density at radius 2 is 1.89 bits per heavy atom. The van der Waals surface area contributed by atoms with Crippen molar-refractivity contribution in [2.45, 2.75) is 31.5 Å².